The van der Waals surface area contributed by atoms with E-state index in [4.69, 9.17) is 4.74 Å². The average Bonchev–Trinajstić information content (AvgIpc) is 3.37. The number of unbranched alkanes of at least 4 members (excludes halogenated alkanes) is 45. The number of carbonyl (C=O) groups excluding carboxylic acids is 2. The van der Waals surface area contributed by atoms with E-state index in [1.165, 1.54) is 270 Å². The number of rotatable bonds is 60. The summed E-state index contributed by atoms with van der Waals surface area (Å²) in [6, 6.07) is -0.541. The van der Waals surface area contributed by atoms with Gasteiger partial charge in [-0.05, 0) is 51.4 Å². The summed E-state index contributed by atoms with van der Waals surface area (Å²) in [5.41, 5.74) is 0. The van der Waals surface area contributed by atoms with Gasteiger partial charge in [-0.2, -0.15) is 0 Å². The Morgan fingerprint density at radius 3 is 1.13 bits per heavy atom. The Labute approximate surface area is 443 Å². The molecular weight excluding hydrogens is 875 g/mol. The number of aliphatic hydroxyl groups is 2. The highest BCUT2D eigenvalue weighted by molar-refractivity contribution is 5.76. The number of amides is 1. The van der Waals surface area contributed by atoms with Gasteiger partial charge in [-0.1, -0.05) is 314 Å². The number of hydrogen-bond acceptors (Lipinski definition) is 5. The standard InChI is InChI=1S/C65H125NO5/c1-3-5-7-9-11-13-15-17-18-19-27-30-34-37-41-45-49-53-57-63(68)62(61-67)66-64(69)58-54-50-46-42-38-35-31-28-25-23-21-20-22-24-26-29-32-36-40-44-48-52-56-60-71-65(70)59-55-51-47-43-39-33-16-14-12-10-8-6-4-2/h8,10,14,16,62-63,67-68H,3-7,9,11-13,15,17-61H2,1-2H3,(H,66,69)/b10-8-,16-14-. The summed E-state index contributed by atoms with van der Waals surface area (Å²) in [7, 11) is 0. The first-order valence-electron chi connectivity index (χ1n) is 32.1. The molecule has 1 amide bonds. The summed E-state index contributed by atoms with van der Waals surface area (Å²) >= 11 is 0. The van der Waals surface area contributed by atoms with Crippen LogP contribution in [-0.2, 0) is 14.3 Å². The van der Waals surface area contributed by atoms with E-state index in [0.717, 1.165) is 51.4 Å². The number of esters is 1. The largest absolute Gasteiger partial charge is 0.466 e. The van der Waals surface area contributed by atoms with Crippen molar-refractivity contribution in [1.82, 2.24) is 5.32 Å². The first-order chi connectivity index (χ1) is 35.0. The Balaban J connectivity index is 3.38. The molecule has 0 aliphatic heterocycles. The minimum absolute atomic E-state index is 0.000447. The molecule has 0 radical (unpaired) electrons. The lowest BCUT2D eigenvalue weighted by Crippen LogP contribution is -2.45. The van der Waals surface area contributed by atoms with Crippen LogP contribution >= 0.6 is 0 Å². The molecule has 420 valence electrons. The van der Waals surface area contributed by atoms with E-state index in [0.29, 0.717) is 25.9 Å². The van der Waals surface area contributed by atoms with Crippen molar-refractivity contribution in [1.29, 1.82) is 0 Å². The molecule has 3 N–H and O–H groups in total. The molecule has 0 aromatic heterocycles. The number of aliphatic hydroxyl groups excluding tert-OH is 2. The van der Waals surface area contributed by atoms with Crippen molar-refractivity contribution >= 4 is 11.9 Å². The molecular formula is C65H125NO5. The van der Waals surface area contributed by atoms with Crippen LogP contribution in [0.3, 0.4) is 0 Å². The van der Waals surface area contributed by atoms with Crippen LogP contribution in [0.4, 0.5) is 0 Å². The number of carbonyl (C=O) groups is 2. The maximum Gasteiger partial charge on any atom is 0.305 e. The molecule has 0 saturated heterocycles. The van der Waals surface area contributed by atoms with Gasteiger partial charge in [0, 0.05) is 12.8 Å². The topological polar surface area (TPSA) is 95.9 Å². The zero-order valence-corrected chi connectivity index (χ0v) is 48.0. The Bertz CT molecular complexity index is 1110. The Hall–Kier alpha value is -1.66. The summed E-state index contributed by atoms with van der Waals surface area (Å²) in [4.78, 5) is 24.5. The molecule has 0 aromatic carbocycles. The third kappa shape index (κ3) is 57.5. The first kappa shape index (κ1) is 69.3. The molecule has 2 atom stereocenters. The van der Waals surface area contributed by atoms with Crippen LogP contribution in [-0.4, -0.2) is 47.4 Å². The van der Waals surface area contributed by atoms with Crippen molar-refractivity contribution in [3.63, 3.8) is 0 Å². The minimum atomic E-state index is -0.664. The second kappa shape index (κ2) is 60.9. The van der Waals surface area contributed by atoms with Crippen molar-refractivity contribution in [2.45, 2.75) is 366 Å². The third-order valence-corrected chi connectivity index (χ3v) is 15.0. The summed E-state index contributed by atoms with van der Waals surface area (Å²) in [6.07, 6.45) is 74.8. The van der Waals surface area contributed by atoms with E-state index in [-0.39, 0.29) is 18.5 Å². The van der Waals surface area contributed by atoms with E-state index in [9.17, 15) is 19.8 Å². The molecule has 0 rings (SSSR count). The van der Waals surface area contributed by atoms with E-state index in [1.807, 2.05) is 0 Å². The van der Waals surface area contributed by atoms with Gasteiger partial charge in [0.15, 0.2) is 0 Å². The van der Waals surface area contributed by atoms with Crippen molar-refractivity contribution in [2.75, 3.05) is 13.2 Å². The van der Waals surface area contributed by atoms with Crippen LogP contribution in [0, 0.1) is 0 Å². The highest BCUT2D eigenvalue weighted by Crippen LogP contribution is 2.18. The lowest BCUT2D eigenvalue weighted by Gasteiger charge is -2.22. The fourth-order valence-corrected chi connectivity index (χ4v) is 10.1. The van der Waals surface area contributed by atoms with Gasteiger partial charge >= 0.3 is 5.97 Å². The van der Waals surface area contributed by atoms with Crippen LogP contribution in [0.15, 0.2) is 24.3 Å². The monoisotopic (exact) mass is 1000 g/mol. The van der Waals surface area contributed by atoms with Crippen LogP contribution in [0.2, 0.25) is 0 Å². The molecule has 0 spiro atoms. The van der Waals surface area contributed by atoms with Crippen molar-refractivity contribution in [2.24, 2.45) is 0 Å². The molecule has 2 unspecified atom stereocenters. The van der Waals surface area contributed by atoms with Gasteiger partial charge in [-0.25, -0.2) is 0 Å². The Morgan fingerprint density at radius 2 is 0.732 bits per heavy atom. The van der Waals surface area contributed by atoms with Gasteiger partial charge in [0.2, 0.25) is 5.91 Å². The molecule has 0 aliphatic carbocycles. The predicted molar refractivity (Wildman–Crippen MR) is 310 cm³/mol. The summed E-state index contributed by atoms with van der Waals surface area (Å²) in [5, 5.41) is 23.4. The van der Waals surface area contributed by atoms with Gasteiger partial charge in [0.1, 0.15) is 0 Å². The van der Waals surface area contributed by atoms with E-state index in [1.54, 1.807) is 0 Å². The van der Waals surface area contributed by atoms with Gasteiger partial charge in [-0.15, -0.1) is 0 Å². The van der Waals surface area contributed by atoms with Crippen molar-refractivity contribution in [3.8, 4) is 0 Å². The van der Waals surface area contributed by atoms with E-state index >= 15 is 0 Å². The van der Waals surface area contributed by atoms with E-state index < -0.39 is 12.1 Å². The Kier molecular flexibility index (Phi) is 59.5. The fourth-order valence-electron chi connectivity index (χ4n) is 10.1. The van der Waals surface area contributed by atoms with Gasteiger partial charge in [0.25, 0.3) is 0 Å². The first-order valence-corrected chi connectivity index (χ1v) is 32.1. The highest BCUT2D eigenvalue weighted by atomic mass is 16.5. The van der Waals surface area contributed by atoms with Crippen LogP contribution in [0.5, 0.6) is 0 Å². The number of ether oxygens (including phenoxy) is 1. The molecule has 0 aromatic rings. The van der Waals surface area contributed by atoms with Crippen molar-refractivity contribution < 1.29 is 24.5 Å². The normalized spacial score (nSPS) is 12.7. The molecule has 0 saturated carbocycles. The lowest BCUT2D eigenvalue weighted by atomic mass is 10.0. The Morgan fingerprint density at radius 1 is 0.394 bits per heavy atom. The summed E-state index contributed by atoms with van der Waals surface area (Å²) in [5.74, 6) is -0.0319. The molecule has 6 heteroatoms. The SMILES string of the molecule is CCC/C=C\C/C=C\CCCCCCCC(=O)OCCCCCCCCCCCCCCCCCCCCCCCCCC(=O)NC(CO)C(O)CCCCCCCCCCCCCCCCCCCC. The third-order valence-electron chi connectivity index (χ3n) is 15.0. The second-order valence-electron chi connectivity index (χ2n) is 22.1. The van der Waals surface area contributed by atoms with Crippen LogP contribution in [0.1, 0.15) is 354 Å². The molecule has 0 bridgehead atoms. The maximum absolute atomic E-state index is 12.5. The lowest BCUT2D eigenvalue weighted by molar-refractivity contribution is -0.143. The predicted octanol–water partition coefficient (Wildman–Crippen LogP) is 20.2. The molecule has 6 nitrogen and oxygen atoms in total. The van der Waals surface area contributed by atoms with Gasteiger partial charge in [0.05, 0.1) is 25.4 Å². The molecule has 0 heterocycles. The summed E-state index contributed by atoms with van der Waals surface area (Å²) < 4.78 is 5.47. The van der Waals surface area contributed by atoms with Crippen LogP contribution in [0.25, 0.3) is 0 Å². The smallest absolute Gasteiger partial charge is 0.305 e. The van der Waals surface area contributed by atoms with Crippen molar-refractivity contribution in [3.05, 3.63) is 24.3 Å². The molecule has 0 aliphatic rings. The fraction of sp³-hybridized carbons (Fsp3) is 0.908. The van der Waals surface area contributed by atoms with Crippen LogP contribution < -0.4 is 5.32 Å². The maximum atomic E-state index is 12.5. The quantitative estimate of drug-likeness (QED) is 0.0320. The summed E-state index contributed by atoms with van der Waals surface area (Å²) in [6.45, 7) is 4.91. The second-order valence-corrected chi connectivity index (χ2v) is 22.1. The zero-order valence-electron chi connectivity index (χ0n) is 48.0. The molecule has 0 fully saturated rings. The van der Waals surface area contributed by atoms with Gasteiger partial charge in [-0.3, -0.25) is 9.59 Å². The highest BCUT2D eigenvalue weighted by Gasteiger charge is 2.20. The minimum Gasteiger partial charge on any atom is -0.466 e. The number of nitrogens with one attached hydrogen (secondary N) is 1. The zero-order chi connectivity index (χ0) is 51.4. The molecule has 71 heavy (non-hydrogen) atoms. The van der Waals surface area contributed by atoms with Gasteiger partial charge < -0.3 is 20.3 Å². The average molecular weight is 1000 g/mol. The van der Waals surface area contributed by atoms with E-state index in [2.05, 4.69) is 43.5 Å². The number of hydrogen-bond donors (Lipinski definition) is 3. The number of allylic oxidation sites excluding steroid dienone is 4.